The molecule has 2 heteroatoms. The summed E-state index contributed by atoms with van der Waals surface area (Å²) in [6, 6.07) is 0. The van der Waals surface area contributed by atoms with Gasteiger partial charge in [0.1, 0.15) is 24.4 Å². The van der Waals surface area contributed by atoms with Crippen LogP contribution in [0.1, 0.15) is 13.8 Å². The lowest BCUT2D eigenvalue weighted by Gasteiger charge is -2.58. The molecule has 1 saturated heterocycles. The second-order valence-corrected chi connectivity index (χ2v) is 9.41. The van der Waals surface area contributed by atoms with Crippen LogP contribution >= 0.6 is 0 Å². The Balaban J connectivity index is 1.48. The topological polar surface area (TPSA) is 18.5 Å². The normalized spacial score (nSPS) is 47.1. The van der Waals surface area contributed by atoms with Gasteiger partial charge in [-0.25, -0.2) is 0 Å². The van der Waals surface area contributed by atoms with Gasteiger partial charge in [0.05, 0.1) is 0 Å². The summed E-state index contributed by atoms with van der Waals surface area (Å²) in [6.07, 6.45) is 23.7. The maximum Gasteiger partial charge on any atom is 0.103 e. The maximum absolute atomic E-state index is 6.23. The zero-order valence-corrected chi connectivity index (χ0v) is 15.9. The van der Waals surface area contributed by atoms with Gasteiger partial charge in [-0.1, -0.05) is 74.6 Å². The minimum Gasteiger partial charge on any atom is -0.357 e. The third-order valence-electron chi connectivity index (χ3n) is 8.61. The summed E-state index contributed by atoms with van der Waals surface area (Å²) in [4.78, 5) is 0. The molecule has 0 aromatic heterocycles. The van der Waals surface area contributed by atoms with E-state index < -0.39 is 0 Å². The predicted molar refractivity (Wildman–Crippen MR) is 107 cm³/mol. The van der Waals surface area contributed by atoms with E-state index in [2.05, 4.69) is 74.6 Å². The molecule has 0 aromatic rings. The number of hydrogen-bond acceptors (Lipinski definition) is 2. The number of rotatable bonds is 0. The van der Waals surface area contributed by atoms with Gasteiger partial charge in [-0.15, -0.1) is 0 Å². The zero-order chi connectivity index (χ0) is 18.4. The highest BCUT2D eigenvalue weighted by Gasteiger charge is 2.61. The predicted octanol–water partition coefficient (Wildman–Crippen LogP) is 4.58. The van der Waals surface area contributed by atoms with Crippen molar-refractivity contribution in [2.24, 2.45) is 10.8 Å². The first kappa shape index (κ1) is 14.6. The van der Waals surface area contributed by atoms with Crippen molar-refractivity contribution in [1.29, 1.82) is 0 Å². The lowest BCUT2D eigenvalue weighted by atomic mass is 9.44. The highest BCUT2D eigenvalue weighted by molar-refractivity contribution is 5.76. The highest BCUT2D eigenvalue weighted by Crippen LogP contribution is 2.69. The molecule has 0 saturated carbocycles. The number of allylic oxidation sites excluding steroid dienone is 8. The van der Waals surface area contributed by atoms with E-state index >= 15 is 0 Å². The summed E-state index contributed by atoms with van der Waals surface area (Å²) in [6.45, 7) is 4.90. The molecule has 0 radical (unpaired) electrons. The van der Waals surface area contributed by atoms with E-state index in [9.17, 15) is 0 Å². The Bertz CT molecular complexity index is 1210. The third-order valence-corrected chi connectivity index (χ3v) is 8.61. The lowest BCUT2D eigenvalue weighted by molar-refractivity contribution is 0.128. The minimum absolute atomic E-state index is 0.0811. The molecule has 6 atom stereocenters. The fourth-order valence-corrected chi connectivity index (χ4v) is 7.03. The van der Waals surface area contributed by atoms with E-state index in [-0.39, 0.29) is 35.2 Å². The Hall–Kier alpha value is -2.42. The molecule has 8 rings (SSSR count). The molecule has 1 fully saturated rings. The summed E-state index contributed by atoms with van der Waals surface area (Å²) in [5.41, 5.74) is 11.1. The van der Waals surface area contributed by atoms with Crippen LogP contribution in [0.3, 0.4) is 0 Å². The second kappa shape index (κ2) is 4.12. The monoisotopic (exact) mass is 364 g/mol. The average Bonchev–Trinajstić information content (AvgIpc) is 3.46. The fourth-order valence-electron chi connectivity index (χ4n) is 7.03. The maximum atomic E-state index is 6.23. The molecule has 4 aliphatic heterocycles. The van der Waals surface area contributed by atoms with Crippen molar-refractivity contribution in [3.05, 3.63) is 105 Å². The van der Waals surface area contributed by atoms with Gasteiger partial charge >= 0.3 is 0 Å². The Morgan fingerprint density at radius 1 is 0.714 bits per heavy atom. The molecule has 0 aromatic carbocycles. The first-order valence-electron chi connectivity index (χ1n) is 10.3. The van der Waals surface area contributed by atoms with Crippen LogP contribution in [0, 0.1) is 10.8 Å². The molecule has 0 amide bonds. The molecule has 4 aliphatic carbocycles. The summed E-state index contributed by atoms with van der Waals surface area (Å²) < 4.78 is 12.5. The average molecular weight is 364 g/mol. The molecular formula is C26H20O2. The molecule has 136 valence electrons. The Kier molecular flexibility index (Phi) is 2.14. The Morgan fingerprint density at radius 3 is 2.36 bits per heavy atom. The molecule has 0 spiro atoms. The van der Waals surface area contributed by atoms with E-state index in [1.807, 2.05) is 0 Å². The van der Waals surface area contributed by atoms with Gasteiger partial charge in [0.2, 0.25) is 0 Å². The third kappa shape index (κ3) is 1.24. The van der Waals surface area contributed by atoms with E-state index in [0.29, 0.717) is 0 Å². The van der Waals surface area contributed by atoms with Crippen molar-refractivity contribution >= 4 is 0 Å². The SMILES string of the molecule is C[C@]12C3=CC=C4C5=C(C=C(C=CC1=C1C(=C3)C3C=CC1O3)[C@]42C)C1C=CC5O1. The van der Waals surface area contributed by atoms with Crippen LogP contribution in [0.5, 0.6) is 0 Å². The van der Waals surface area contributed by atoms with Gasteiger partial charge in [-0.3, -0.25) is 0 Å². The highest BCUT2D eigenvalue weighted by atomic mass is 16.5. The summed E-state index contributed by atoms with van der Waals surface area (Å²) in [7, 11) is 0. The van der Waals surface area contributed by atoms with E-state index in [0.717, 1.165) is 0 Å². The van der Waals surface area contributed by atoms with Gasteiger partial charge in [-0.05, 0) is 44.6 Å². The van der Waals surface area contributed by atoms with Gasteiger partial charge in [0.25, 0.3) is 0 Å². The number of fused-ring (bicyclic) bond motifs is 10. The first-order chi connectivity index (χ1) is 13.6. The largest absolute Gasteiger partial charge is 0.357 e. The van der Waals surface area contributed by atoms with E-state index in [1.54, 1.807) is 0 Å². The first-order valence-corrected chi connectivity index (χ1v) is 10.3. The van der Waals surface area contributed by atoms with Crippen molar-refractivity contribution in [2.45, 2.75) is 38.3 Å². The van der Waals surface area contributed by atoms with E-state index in [1.165, 1.54) is 44.6 Å². The summed E-state index contributed by atoms with van der Waals surface area (Å²) >= 11 is 0. The van der Waals surface area contributed by atoms with Crippen molar-refractivity contribution in [2.75, 3.05) is 0 Å². The van der Waals surface area contributed by atoms with Crippen LogP contribution in [0.25, 0.3) is 0 Å². The van der Waals surface area contributed by atoms with Gasteiger partial charge in [0.15, 0.2) is 0 Å². The quantitative estimate of drug-likeness (QED) is 0.586. The fraction of sp³-hybridized carbons (Fsp3) is 0.308. The molecule has 28 heavy (non-hydrogen) atoms. The van der Waals surface area contributed by atoms with Crippen LogP contribution < -0.4 is 0 Å². The lowest BCUT2D eigenvalue weighted by Crippen LogP contribution is -2.49. The van der Waals surface area contributed by atoms with Crippen molar-refractivity contribution < 1.29 is 9.47 Å². The molecular weight excluding hydrogens is 344 g/mol. The van der Waals surface area contributed by atoms with Crippen molar-refractivity contribution in [3.63, 3.8) is 0 Å². The summed E-state index contributed by atoms with van der Waals surface area (Å²) in [5.74, 6) is 0. The standard InChI is InChI=1S/C26H20O2/c1-25-13-3-6-18-24-16(20-8-10-22(24)28-20)12-14(26(18,25)2)4-5-17(25)23-15(11-13)19-7-9-21(23)27-19/h3-12,19-22H,1-2H3/t19?,20?,21?,22?,25-,26+. The molecule has 4 heterocycles. The Morgan fingerprint density at radius 2 is 1.46 bits per heavy atom. The van der Waals surface area contributed by atoms with Crippen LogP contribution in [-0.4, -0.2) is 24.4 Å². The molecule has 4 unspecified atom stereocenters. The Labute approximate surface area is 164 Å². The second-order valence-electron chi connectivity index (χ2n) is 9.41. The zero-order valence-electron chi connectivity index (χ0n) is 15.9. The van der Waals surface area contributed by atoms with Crippen LogP contribution in [0.15, 0.2) is 105 Å². The molecule has 2 nitrogen and oxygen atoms in total. The van der Waals surface area contributed by atoms with Crippen LogP contribution in [-0.2, 0) is 9.47 Å². The molecule has 4 bridgehead atoms. The van der Waals surface area contributed by atoms with Gasteiger partial charge < -0.3 is 9.47 Å². The summed E-state index contributed by atoms with van der Waals surface area (Å²) in [5, 5.41) is 0. The van der Waals surface area contributed by atoms with Crippen molar-refractivity contribution in [3.8, 4) is 0 Å². The van der Waals surface area contributed by atoms with Gasteiger partial charge in [-0.2, -0.15) is 0 Å². The van der Waals surface area contributed by atoms with E-state index in [4.69, 9.17) is 9.47 Å². The van der Waals surface area contributed by atoms with Gasteiger partial charge in [0, 0.05) is 10.8 Å². The molecule has 0 N–H and O–H groups in total. The van der Waals surface area contributed by atoms with Crippen LogP contribution in [0.2, 0.25) is 0 Å². The number of hydrogen-bond donors (Lipinski definition) is 0. The number of ether oxygens (including phenoxy) is 2. The molecule has 8 aliphatic rings. The van der Waals surface area contributed by atoms with Crippen molar-refractivity contribution in [1.82, 2.24) is 0 Å². The van der Waals surface area contributed by atoms with Crippen LogP contribution in [0.4, 0.5) is 0 Å². The minimum atomic E-state index is -0.0811. The smallest absolute Gasteiger partial charge is 0.103 e.